The molecule has 2 atom stereocenters. The lowest BCUT2D eigenvalue weighted by atomic mass is 9.92. The van der Waals surface area contributed by atoms with Crippen LogP contribution in [-0.4, -0.2) is 51.9 Å². The van der Waals surface area contributed by atoms with Crippen molar-refractivity contribution in [2.24, 2.45) is 5.89 Å². The van der Waals surface area contributed by atoms with Crippen LogP contribution in [0, 0.1) is 17.2 Å². The van der Waals surface area contributed by atoms with Crippen LogP contribution in [0.2, 0.25) is 0 Å². The number of aromatic nitrogens is 3. The van der Waals surface area contributed by atoms with Crippen LogP contribution in [0.4, 0.5) is 5.82 Å². The van der Waals surface area contributed by atoms with E-state index in [2.05, 4.69) is 15.0 Å². The second-order valence-corrected chi connectivity index (χ2v) is 5.36. The zero-order chi connectivity index (χ0) is 22.5. The predicted octanol–water partition coefficient (Wildman–Crippen LogP) is 1.54. The Morgan fingerprint density at radius 2 is 2.65 bits per heavy atom. The Labute approximate surface area is 144 Å². The number of nitrogens with one attached hydrogen (secondary N) is 1. The zero-order valence-corrected chi connectivity index (χ0v) is 12.5. The maximum atomic E-state index is 12.5. The van der Waals surface area contributed by atoms with Crippen LogP contribution < -0.4 is 4.90 Å². The largest absolute Gasteiger partial charge is 0.354 e. The van der Waals surface area contributed by atoms with Crippen LogP contribution >= 0.6 is 0 Å². The molecule has 3 heterocycles. The number of anilines is 1. The number of rotatable bonds is 3. The van der Waals surface area contributed by atoms with E-state index in [0.717, 1.165) is 9.80 Å². The van der Waals surface area contributed by atoms with Gasteiger partial charge in [0.15, 0.2) is 0 Å². The topological polar surface area (TPSA) is 88.9 Å². The van der Waals surface area contributed by atoms with E-state index in [1.165, 1.54) is 19.2 Å². The van der Waals surface area contributed by atoms with Gasteiger partial charge in [-0.1, -0.05) is 6.92 Å². The summed E-state index contributed by atoms with van der Waals surface area (Å²) in [6.07, 6.45) is -1.59. The molecule has 1 aliphatic rings. The highest BCUT2D eigenvalue weighted by molar-refractivity contribution is 5.87. The highest BCUT2D eigenvalue weighted by atomic mass is 16.2. The Hall–Kier alpha value is -2.62. The first kappa shape index (κ1) is 8.87. The number of aromatic amines is 1. The van der Waals surface area contributed by atoms with Crippen molar-refractivity contribution < 1.29 is 14.4 Å². The van der Waals surface area contributed by atoms with E-state index in [0.29, 0.717) is 5.39 Å². The van der Waals surface area contributed by atoms with Crippen LogP contribution in [0.25, 0.3) is 11.0 Å². The number of carbonyl (C=O) groups excluding carboxylic acids is 1. The van der Waals surface area contributed by atoms with E-state index in [1.54, 1.807) is 6.07 Å². The minimum Gasteiger partial charge on any atom is -0.354 e. The zero-order valence-electron chi connectivity index (χ0n) is 19.5. The number of hydrogen-bond donors (Lipinski definition) is 1. The van der Waals surface area contributed by atoms with Gasteiger partial charge in [0.1, 0.15) is 25.5 Å². The van der Waals surface area contributed by atoms with Crippen molar-refractivity contribution in [2.45, 2.75) is 25.8 Å². The molecule has 0 aromatic carbocycles. The SMILES string of the molecule is [2H]c1nc(N([C@H]2CN(C(=O)C([2H])([2H])C#N)CC[C@@]2([2H])C)C([2H])([2H])[2H])c2cc[nH]c2n1. The van der Waals surface area contributed by atoms with Gasteiger partial charge in [0.25, 0.3) is 0 Å². The number of hydrogen-bond acceptors (Lipinski definition) is 5. The summed E-state index contributed by atoms with van der Waals surface area (Å²) in [5.74, 6) is -2.49. The number of nitriles is 1. The molecule has 3 rings (SSSR count). The molecule has 0 aliphatic carbocycles. The average molecular weight is 319 g/mol. The van der Waals surface area contributed by atoms with Gasteiger partial charge < -0.3 is 14.8 Å². The van der Waals surface area contributed by atoms with Gasteiger partial charge in [0.05, 0.1) is 20.2 Å². The van der Waals surface area contributed by atoms with Crippen LogP contribution in [0.15, 0.2) is 18.6 Å². The molecule has 1 fully saturated rings. The third kappa shape index (κ3) is 2.84. The van der Waals surface area contributed by atoms with Crippen LogP contribution in [0.5, 0.6) is 0 Å². The Balaban J connectivity index is 2.11. The van der Waals surface area contributed by atoms with Crippen molar-refractivity contribution in [2.75, 3.05) is 25.0 Å². The first-order valence-electron chi connectivity index (χ1n) is 10.6. The molecule has 0 saturated carbocycles. The van der Waals surface area contributed by atoms with E-state index in [9.17, 15) is 4.79 Å². The Morgan fingerprint density at radius 1 is 1.78 bits per heavy atom. The molecule has 1 saturated heterocycles. The fourth-order valence-corrected chi connectivity index (χ4v) is 2.69. The molecule has 7 nitrogen and oxygen atoms in total. The fourth-order valence-electron chi connectivity index (χ4n) is 2.69. The van der Waals surface area contributed by atoms with Gasteiger partial charge in [-0.3, -0.25) is 4.79 Å². The normalized spacial score (nSPS) is 30.0. The quantitative estimate of drug-likeness (QED) is 0.927. The van der Waals surface area contributed by atoms with Gasteiger partial charge in [-0.05, 0) is 18.4 Å². The first-order chi connectivity index (χ1) is 13.8. The standard InChI is InChI=1S/C16H20N6O/c1-11-5-8-22(14(23)3-6-17)9-13(11)21(2)16-12-4-7-18-15(12)19-10-20-16/h4,7,10-11,13H,3,5,8-9H2,1-2H3,(H,18,19,20)/t11-,13+/m1/s1/i2D3,3D2,10D,11D. The molecule has 1 aliphatic heterocycles. The number of likely N-dealkylation sites (tertiary alicyclic amines) is 1. The van der Waals surface area contributed by atoms with Crippen LogP contribution in [-0.2, 0) is 4.79 Å². The molecular formula is C16H20N6O. The monoisotopic (exact) mass is 319 g/mol. The molecule has 1 amide bonds. The molecule has 0 bridgehead atoms. The van der Waals surface area contributed by atoms with Gasteiger partial charge >= 0.3 is 0 Å². The van der Waals surface area contributed by atoms with Crippen molar-refractivity contribution in [3.05, 3.63) is 18.6 Å². The molecular weight excluding hydrogens is 292 g/mol. The lowest BCUT2D eigenvalue weighted by molar-refractivity contribution is -0.131. The van der Waals surface area contributed by atoms with E-state index < -0.39 is 37.5 Å². The molecule has 0 spiro atoms. The Morgan fingerprint density at radius 3 is 3.43 bits per heavy atom. The fraction of sp³-hybridized carbons (Fsp3) is 0.500. The van der Waals surface area contributed by atoms with Gasteiger partial charge in [-0.2, -0.15) is 5.26 Å². The molecule has 0 radical (unpaired) electrons. The van der Waals surface area contributed by atoms with Crippen molar-refractivity contribution >= 4 is 22.8 Å². The lowest BCUT2D eigenvalue weighted by Gasteiger charge is -2.42. The van der Waals surface area contributed by atoms with E-state index >= 15 is 0 Å². The van der Waals surface area contributed by atoms with Gasteiger partial charge in [-0.15, -0.1) is 0 Å². The Kier molecular flexibility index (Phi) is 2.41. The lowest BCUT2D eigenvalue weighted by Crippen LogP contribution is -2.52. The number of carbonyl (C=O) groups is 1. The number of piperidine rings is 1. The number of H-pyrrole nitrogens is 1. The molecule has 23 heavy (non-hydrogen) atoms. The summed E-state index contributed by atoms with van der Waals surface area (Å²) >= 11 is 0. The maximum Gasteiger partial charge on any atom is 0.236 e. The van der Waals surface area contributed by atoms with E-state index in [-0.39, 0.29) is 31.0 Å². The summed E-state index contributed by atoms with van der Waals surface area (Å²) in [7, 11) is 0. The second-order valence-electron chi connectivity index (χ2n) is 5.36. The van der Waals surface area contributed by atoms with Gasteiger partial charge in [0.2, 0.25) is 5.91 Å². The molecule has 120 valence electrons. The summed E-state index contributed by atoms with van der Waals surface area (Å²) < 4.78 is 56.0. The van der Waals surface area contributed by atoms with Gasteiger partial charge in [-0.25, -0.2) is 9.97 Å². The summed E-state index contributed by atoms with van der Waals surface area (Å²) in [5, 5.41) is 9.30. The van der Waals surface area contributed by atoms with Crippen molar-refractivity contribution in [3.8, 4) is 6.07 Å². The molecule has 2 aromatic rings. The van der Waals surface area contributed by atoms with Gasteiger partial charge in [0, 0.05) is 31.7 Å². The van der Waals surface area contributed by atoms with E-state index in [4.69, 9.17) is 14.9 Å². The van der Waals surface area contributed by atoms with Crippen molar-refractivity contribution in [1.82, 2.24) is 19.9 Å². The molecule has 0 unspecified atom stereocenters. The number of nitrogens with zero attached hydrogens (tertiary/aromatic N) is 5. The van der Waals surface area contributed by atoms with Crippen LogP contribution in [0.1, 0.15) is 29.3 Å². The maximum absolute atomic E-state index is 12.5. The number of likely N-dealkylation sites (N-methyl/N-ethyl adjacent to an activating group) is 1. The third-order valence-corrected chi connectivity index (χ3v) is 4.01. The van der Waals surface area contributed by atoms with Crippen molar-refractivity contribution in [1.29, 1.82) is 5.26 Å². The average Bonchev–Trinajstić information content (AvgIpc) is 3.09. The summed E-state index contributed by atoms with van der Waals surface area (Å²) in [6, 6.07) is 1.77. The molecule has 1 N–H and O–H groups in total. The summed E-state index contributed by atoms with van der Waals surface area (Å²) in [5.41, 5.74) is 0.260. The smallest absolute Gasteiger partial charge is 0.236 e. The second kappa shape index (κ2) is 6.24. The minimum atomic E-state index is -2.78. The minimum absolute atomic E-state index is 0.0123. The number of amides is 1. The summed E-state index contributed by atoms with van der Waals surface area (Å²) in [6.45, 7) is -1.52. The number of fused-ring (bicyclic) bond motifs is 1. The predicted molar refractivity (Wildman–Crippen MR) is 86.7 cm³/mol. The Bertz CT molecular complexity index is 1010. The van der Waals surface area contributed by atoms with E-state index in [1.807, 2.05) is 0 Å². The highest BCUT2D eigenvalue weighted by Crippen LogP contribution is 2.28. The molecule has 7 heteroatoms. The molecule has 2 aromatic heterocycles. The summed E-state index contributed by atoms with van der Waals surface area (Å²) in [4.78, 5) is 25.2. The first-order valence-corrected chi connectivity index (χ1v) is 7.09. The third-order valence-electron chi connectivity index (χ3n) is 4.01. The highest BCUT2D eigenvalue weighted by Gasteiger charge is 2.32. The van der Waals surface area contributed by atoms with Crippen molar-refractivity contribution in [3.63, 3.8) is 0 Å². The van der Waals surface area contributed by atoms with Crippen LogP contribution in [0.3, 0.4) is 0 Å².